The van der Waals surface area contributed by atoms with Crippen LogP contribution in [0.4, 0.5) is 0 Å². The Bertz CT molecular complexity index is 325. The zero-order valence-corrected chi connectivity index (χ0v) is 9.75. The Morgan fingerprint density at radius 3 is 2.31 bits per heavy atom. The van der Waals surface area contributed by atoms with Gasteiger partial charge in [0.25, 0.3) is 0 Å². The van der Waals surface area contributed by atoms with Gasteiger partial charge in [-0.2, -0.15) is 5.26 Å². The number of nitriles is 1. The molecule has 1 saturated carbocycles. The Balaban J connectivity index is 2.38. The van der Waals surface area contributed by atoms with Crippen LogP contribution in [0.25, 0.3) is 0 Å². The van der Waals surface area contributed by atoms with Gasteiger partial charge in [0, 0.05) is 13.1 Å². The Kier molecular flexibility index (Phi) is 3.88. The molecule has 1 N–H and O–H groups in total. The lowest BCUT2D eigenvalue weighted by atomic mass is 10.1. The fourth-order valence-corrected chi connectivity index (χ4v) is 1.53. The van der Waals surface area contributed by atoms with E-state index in [-0.39, 0.29) is 18.4 Å². The van der Waals surface area contributed by atoms with Gasteiger partial charge in [-0.05, 0) is 26.7 Å². The average Bonchev–Trinajstić information content (AvgIpc) is 3.08. The van der Waals surface area contributed by atoms with Gasteiger partial charge >= 0.3 is 0 Å². The van der Waals surface area contributed by atoms with E-state index in [1.807, 2.05) is 19.9 Å². The van der Waals surface area contributed by atoms with Crippen LogP contribution in [0.5, 0.6) is 0 Å². The van der Waals surface area contributed by atoms with Crippen molar-refractivity contribution in [3.63, 3.8) is 0 Å². The number of hydrogen-bond acceptors (Lipinski definition) is 3. The molecule has 2 amide bonds. The van der Waals surface area contributed by atoms with Gasteiger partial charge in [0.2, 0.25) is 11.8 Å². The number of rotatable bonds is 5. The standard InChI is InChI=1S/C11H17N3O2/c1-3-14(4-2)9(15)7-13-10(16)11(8-12)5-6-11/h3-7H2,1-2H3,(H,13,16). The molecule has 0 saturated heterocycles. The second kappa shape index (κ2) is 4.97. The highest BCUT2D eigenvalue weighted by molar-refractivity contribution is 5.91. The first-order valence-electron chi connectivity index (χ1n) is 5.57. The molecular formula is C11H17N3O2. The number of nitrogens with zero attached hydrogens (tertiary/aromatic N) is 2. The molecule has 1 aliphatic rings. The van der Waals surface area contributed by atoms with Crippen LogP contribution in [-0.4, -0.2) is 36.3 Å². The summed E-state index contributed by atoms with van der Waals surface area (Å²) in [6, 6.07) is 2.00. The maximum absolute atomic E-state index is 11.6. The minimum atomic E-state index is -0.844. The second-order valence-corrected chi connectivity index (χ2v) is 3.94. The first-order chi connectivity index (χ1) is 7.59. The first kappa shape index (κ1) is 12.5. The maximum Gasteiger partial charge on any atom is 0.241 e. The molecule has 1 fully saturated rings. The maximum atomic E-state index is 11.6. The zero-order valence-electron chi connectivity index (χ0n) is 9.75. The quantitative estimate of drug-likeness (QED) is 0.727. The first-order valence-corrected chi connectivity index (χ1v) is 5.57. The van der Waals surface area contributed by atoms with Crippen molar-refractivity contribution in [2.75, 3.05) is 19.6 Å². The molecule has 5 nitrogen and oxygen atoms in total. The molecule has 88 valence electrons. The van der Waals surface area contributed by atoms with E-state index in [0.717, 1.165) is 0 Å². The van der Waals surface area contributed by atoms with E-state index in [1.54, 1.807) is 4.90 Å². The van der Waals surface area contributed by atoms with Gasteiger partial charge in [-0.3, -0.25) is 9.59 Å². The molecule has 0 aliphatic heterocycles. The lowest BCUT2D eigenvalue weighted by Crippen LogP contribution is -2.42. The van der Waals surface area contributed by atoms with Crippen LogP contribution in [0, 0.1) is 16.7 Å². The van der Waals surface area contributed by atoms with E-state index in [0.29, 0.717) is 25.9 Å². The fourth-order valence-electron chi connectivity index (χ4n) is 1.53. The van der Waals surface area contributed by atoms with Crippen LogP contribution in [0.1, 0.15) is 26.7 Å². The minimum Gasteiger partial charge on any atom is -0.346 e. The summed E-state index contributed by atoms with van der Waals surface area (Å²) in [5.41, 5.74) is -0.844. The summed E-state index contributed by atoms with van der Waals surface area (Å²) >= 11 is 0. The lowest BCUT2D eigenvalue weighted by molar-refractivity contribution is -0.133. The molecule has 0 aromatic rings. The number of carbonyl (C=O) groups excluding carboxylic acids is 2. The van der Waals surface area contributed by atoms with Gasteiger partial charge in [-0.15, -0.1) is 0 Å². The SMILES string of the molecule is CCN(CC)C(=O)CNC(=O)C1(C#N)CC1. The topological polar surface area (TPSA) is 73.2 Å². The highest BCUT2D eigenvalue weighted by Crippen LogP contribution is 2.44. The van der Waals surface area contributed by atoms with Gasteiger partial charge in [0.1, 0.15) is 5.41 Å². The predicted molar refractivity (Wildman–Crippen MR) is 58.2 cm³/mol. The highest BCUT2D eigenvalue weighted by Gasteiger charge is 2.50. The van der Waals surface area contributed by atoms with Crippen LogP contribution >= 0.6 is 0 Å². The molecule has 0 spiro atoms. The number of nitrogens with one attached hydrogen (secondary N) is 1. The molecular weight excluding hydrogens is 206 g/mol. The molecule has 0 heterocycles. The predicted octanol–water partition coefficient (Wildman–Crippen LogP) is 0.275. The largest absolute Gasteiger partial charge is 0.346 e. The summed E-state index contributed by atoms with van der Waals surface area (Å²) in [7, 11) is 0. The summed E-state index contributed by atoms with van der Waals surface area (Å²) in [5, 5.41) is 11.3. The summed E-state index contributed by atoms with van der Waals surface area (Å²) in [6.07, 6.45) is 1.21. The third kappa shape index (κ3) is 2.51. The van der Waals surface area contributed by atoms with Crippen molar-refractivity contribution in [2.45, 2.75) is 26.7 Å². The van der Waals surface area contributed by atoms with Crippen molar-refractivity contribution in [3.8, 4) is 6.07 Å². The second-order valence-electron chi connectivity index (χ2n) is 3.94. The Labute approximate surface area is 95.4 Å². The van der Waals surface area contributed by atoms with E-state index in [1.165, 1.54) is 0 Å². The summed E-state index contributed by atoms with van der Waals surface area (Å²) in [5.74, 6) is -0.414. The lowest BCUT2D eigenvalue weighted by Gasteiger charge is -2.19. The van der Waals surface area contributed by atoms with Crippen LogP contribution in [0.15, 0.2) is 0 Å². The molecule has 0 unspecified atom stereocenters. The van der Waals surface area contributed by atoms with Crippen molar-refractivity contribution in [1.82, 2.24) is 10.2 Å². The average molecular weight is 223 g/mol. The van der Waals surface area contributed by atoms with Crippen molar-refractivity contribution >= 4 is 11.8 Å². The summed E-state index contributed by atoms with van der Waals surface area (Å²) in [4.78, 5) is 24.8. The minimum absolute atomic E-state index is 0.00998. The molecule has 0 aromatic heterocycles. The Morgan fingerprint density at radius 2 is 1.94 bits per heavy atom. The van der Waals surface area contributed by atoms with Crippen LogP contribution in [0.3, 0.4) is 0 Å². The molecule has 5 heteroatoms. The fraction of sp³-hybridized carbons (Fsp3) is 0.727. The molecule has 0 atom stereocenters. The highest BCUT2D eigenvalue weighted by atomic mass is 16.2. The van der Waals surface area contributed by atoms with Gasteiger partial charge in [-0.25, -0.2) is 0 Å². The van der Waals surface area contributed by atoms with Crippen molar-refractivity contribution in [2.24, 2.45) is 5.41 Å². The third-order valence-electron chi connectivity index (χ3n) is 2.91. The molecule has 16 heavy (non-hydrogen) atoms. The Hall–Kier alpha value is -1.57. The van der Waals surface area contributed by atoms with E-state index in [9.17, 15) is 9.59 Å². The van der Waals surface area contributed by atoms with E-state index < -0.39 is 5.41 Å². The molecule has 1 aliphatic carbocycles. The van der Waals surface area contributed by atoms with Gasteiger partial charge in [-0.1, -0.05) is 0 Å². The number of carbonyl (C=O) groups is 2. The normalized spacial score (nSPS) is 16.1. The molecule has 0 aromatic carbocycles. The number of amides is 2. The number of likely N-dealkylation sites (N-methyl/N-ethyl adjacent to an activating group) is 1. The zero-order chi connectivity index (χ0) is 12.2. The smallest absolute Gasteiger partial charge is 0.241 e. The molecule has 0 radical (unpaired) electrons. The van der Waals surface area contributed by atoms with E-state index >= 15 is 0 Å². The summed E-state index contributed by atoms with van der Waals surface area (Å²) < 4.78 is 0. The van der Waals surface area contributed by atoms with E-state index in [2.05, 4.69) is 5.32 Å². The van der Waals surface area contributed by atoms with Crippen LogP contribution < -0.4 is 5.32 Å². The summed E-state index contributed by atoms with van der Waals surface area (Å²) in [6.45, 7) is 5.04. The third-order valence-corrected chi connectivity index (χ3v) is 2.91. The number of hydrogen-bond donors (Lipinski definition) is 1. The van der Waals surface area contributed by atoms with Gasteiger partial charge < -0.3 is 10.2 Å². The molecule has 1 rings (SSSR count). The van der Waals surface area contributed by atoms with Crippen molar-refractivity contribution in [1.29, 1.82) is 5.26 Å². The van der Waals surface area contributed by atoms with Gasteiger partial charge in [0.05, 0.1) is 12.6 Å². The molecule has 0 bridgehead atoms. The van der Waals surface area contributed by atoms with Crippen LogP contribution in [-0.2, 0) is 9.59 Å². The van der Waals surface area contributed by atoms with Crippen molar-refractivity contribution < 1.29 is 9.59 Å². The monoisotopic (exact) mass is 223 g/mol. The van der Waals surface area contributed by atoms with E-state index in [4.69, 9.17) is 5.26 Å². The van der Waals surface area contributed by atoms with Gasteiger partial charge in [0.15, 0.2) is 0 Å². The van der Waals surface area contributed by atoms with Crippen LogP contribution in [0.2, 0.25) is 0 Å². The van der Waals surface area contributed by atoms with Crippen molar-refractivity contribution in [3.05, 3.63) is 0 Å². The Morgan fingerprint density at radius 1 is 1.38 bits per heavy atom.